The second-order valence-corrected chi connectivity index (χ2v) is 6.08. The number of benzene rings is 2. The second kappa shape index (κ2) is 7.88. The Morgan fingerprint density at radius 3 is 2.81 bits per heavy atom. The van der Waals surface area contributed by atoms with Crippen LogP contribution in [0.5, 0.6) is 11.5 Å². The summed E-state index contributed by atoms with van der Waals surface area (Å²) in [5, 5.41) is 23.6. The number of carbonyl (C=O) groups is 1. The number of nitrogens with zero attached hydrogens (tertiary/aromatic N) is 1. The molecular weight excluding hydrogens is 370 g/mol. The molecule has 8 nitrogen and oxygen atoms in total. The molecule has 0 aliphatic rings. The maximum absolute atomic E-state index is 11.9. The number of anilines is 3. The van der Waals surface area contributed by atoms with Crippen LogP contribution in [0.2, 0.25) is 5.02 Å². The molecule has 27 heavy (non-hydrogen) atoms. The van der Waals surface area contributed by atoms with E-state index in [1.807, 2.05) is 0 Å². The molecule has 6 N–H and O–H groups in total. The Bertz CT molecular complexity index is 973. The molecule has 0 spiro atoms. The van der Waals surface area contributed by atoms with Crippen LogP contribution < -0.4 is 21.1 Å². The van der Waals surface area contributed by atoms with Gasteiger partial charge in [-0.05, 0) is 24.3 Å². The largest absolute Gasteiger partial charge is 0.504 e. The molecule has 0 unspecified atom stereocenters. The fourth-order valence-electron chi connectivity index (χ4n) is 2.56. The third kappa shape index (κ3) is 4.06. The van der Waals surface area contributed by atoms with Gasteiger partial charge >= 0.3 is 0 Å². The van der Waals surface area contributed by atoms with Gasteiger partial charge < -0.3 is 26.2 Å². The first-order valence-corrected chi connectivity index (χ1v) is 8.37. The van der Waals surface area contributed by atoms with Crippen LogP contribution in [0.1, 0.15) is 15.9 Å². The summed E-state index contributed by atoms with van der Waals surface area (Å²) in [6.07, 6.45) is 0. The summed E-state index contributed by atoms with van der Waals surface area (Å²) >= 11 is 5.97. The van der Waals surface area contributed by atoms with E-state index in [4.69, 9.17) is 22.1 Å². The SMILES string of the molecule is COc1cccc(CNc2n[nH]c(Nc3cccc(Cl)c3)c2C(N)=O)c1O. The van der Waals surface area contributed by atoms with Crippen molar-refractivity contribution in [1.82, 2.24) is 10.2 Å². The molecule has 1 amide bonds. The molecule has 0 saturated heterocycles. The second-order valence-electron chi connectivity index (χ2n) is 5.64. The minimum Gasteiger partial charge on any atom is -0.504 e. The number of phenols is 1. The Kier molecular flexibility index (Phi) is 5.37. The lowest BCUT2D eigenvalue weighted by atomic mass is 10.2. The molecule has 3 rings (SSSR count). The Morgan fingerprint density at radius 1 is 1.33 bits per heavy atom. The maximum Gasteiger partial charge on any atom is 0.256 e. The molecular formula is C18H18ClN5O3. The Morgan fingerprint density at radius 2 is 2.11 bits per heavy atom. The predicted molar refractivity (Wildman–Crippen MR) is 104 cm³/mol. The summed E-state index contributed by atoms with van der Waals surface area (Å²) in [5.74, 6) is 0.303. The number of H-pyrrole nitrogens is 1. The number of aromatic nitrogens is 2. The quantitative estimate of drug-likeness (QED) is 0.424. The van der Waals surface area contributed by atoms with Crippen LogP contribution >= 0.6 is 11.6 Å². The number of aromatic hydroxyl groups is 1. The number of phenolic OH excluding ortho intramolecular Hbond substituents is 1. The van der Waals surface area contributed by atoms with Gasteiger partial charge in [-0.1, -0.05) is 29.8 Å². The van der Waals surface area contributed by atoms with Crippen molar-refractivity contribution in [2.75, 3.05) is 17.7 Å². The van der Waals surface area contributed by atoms with Crippen molar-refractivity contribution in [2.24, 2.45) is 5.73 Å². The minimum atomic E-state index is -0.661. The first-order valence-electron chi connectivity index (χ1n) is 7.99. The number of amides is 1. The van der Waals surface area contributed by atoms with Gasteiger partial charge in [-0.15, -0.1) is 0 Å². The number of hydrogen-bond acceptors (Lipinski definition) is 6. The highest BCUT2D eigenvalue weighted by Gasteiger charge is 2.19. The van der Waals surface area contributed by atoms with Crippen molar-refractivity contribution in [3.05, 3.63) is 58.6 Å². The summed E-state index contributed by atoms with van der Waals surface area (Å²) in [6, 6.07) is 12.1. The van der Waals surface area contributed by atoms with Crippen LogP contribution in [-0.4, -0.2) is 28.3 Å². The van der Waals surface area contributed by atoms with Crippen LogP contribution in [0.4, 0.5) is 17.3 Å². The standard InChI is InChI=1S/C18H18ClN5O3/c1-27-13-7-2-4-10(15(13)25)9-21-17-14(16(20)26)18(24-23-17)22-12-6-3-5-11(19)8-12/h2-8,25H,9H2,1H3,(H2,20,26)(H3,21,22,23,24). The van der Waals surface area contributed by atoms with Crippen molar-refractivity contribution in [2.45, 2.75) is 6.54 Å². The van der Waals surface area contributed by atoms with E-state index < -0.39 is 5.91 Å². The third-order valence-electron chi connectivity index (χ3n) is 3.86. The number of primary amides is 1. The first-order chi connectivity index (χ1) is 13.0. The normalized spacial score (nSPS) is 10.4. The van der Waals surface area contributed by atoms with Crippen LogP contribution in [-0.2, 0) is 6.54 Å². The highest BCUT2D eigenvalue weighted by atomic mass is 35.5. The van der Waals surface area contributed by atoms with E-state index in [1.54, 1.807) is 42.5 Å². The summed E-state index contributed by atoms with van der Waals surface area (Å²) < 4.78 is 5.09. The molecule has 0 fully saturated rings. The number of para-hydroxylation sites is 1. The van der Waals surface area contributed by atoms with Crippen molar-refractivity contribution in [3.8, 4) is 11.5 Å². The Hall–Kier alpha value is -3.39. The van der Waals surface area contributed by atoms with Gasteiger partial charge in [0.2, 0.25) is 0 Å². The van der Waals surface area contributed by atoms with Crippen LogP contribution in [0.15, 0.2) is 42.5 Å². The minimum absolute atomic E-state index is 0.0148. The van der Waals surface area contributed by atoms with Crippen molar-refractivity contribution < 1.29 is 14.6 Å². The average molecular weight is 388 g/mol. The molecule has 140 valence electrons. The van der Waals surface area contributed by atoms with Crippen molar-refractivity contribution >= 4 is 34.8 Å². The number of rotatable bonds is 7. The fraction of sp³-hybridized carbons (Fsp3) is 0.111. The topological polar surface area (TPSA) is 125 Å². The lowest BCUT2D eigenvalue weighted by Gasteiger charge is -2.10. The van der Waals surface area contributed by atoms with Gasteiger partial charge in [-0.2, -0.15) is 5.10 Å². The Balaban J connectivity index is 1.82. The summed E-state index contributed by atoms with van der Waals surface area (Å²) in [4.78, 5) is 11.9. The first kappa shape index (κ1) is 18.4. The smallest absolute Gasteiger partial charge is 0.256 e. The summed E-state index contributed by atoms with van der Waals surface area (Å²) in [5.41, 5.74) is 6.93. The number of nitrogens with two attached hydrogens (primary N) is 1. The number of aromatic amines is 1. The monoisotopic (exact) mass is 387 g/mol. The number of hydrogen-bond donors (Lipinski definition) is 5. The van der Waals surface area contributed by atoms with Gasteiger partial charge in [0.1, 0.15) is 11.4 Å². The van der Waals surface area contributed by atoms with E-state index in [0.717, 1.165) is 0 Å². The Labute approximate surface area is 160 Å². The van der Waals surface area contributed by atoms with Gasteiger partial charge in [0.05, 0.1) is 7.11 Å². The summed E-state index contributed by atoms with van der Waals surface area (Å²) in [6.45, 7) is 0.213. The van der Waals surface area contributed by atoms with Crippen molar-refractivity contribution in [3.63, 3.8) is 0 Å². The van der Waals surface area contributed by atoms with Gasteiger partial charge in [0.25, 0.3) is 5.91 Å². The third-order valence-corrected chi connectivity index (χ3v) is 4.09. The molecule has 0 aliphatic heterocycles. The zero-order valence-electron chi connectivity index (χ0n) is 14.4. The van der Waals surface area contributed by atoms with E-state index in [1.165, 1.54) is 7.11 Å². The predicted octanol–water partition coefficient (Wildman–Crippen LogP) is 3.23. The van der Waals surface area contributed by atoms with Gasteiger partial charge in [-0.3, -0.25) is 9.89 Å². The molecule has 1 aromatic heterocycles. The zero-order valence-corrected chi connectivity index (χ0v) is 15.2. The number of methoxy groups -OCH3 is 1. The van der Waals surface area contributed by atoms with E-state index in [0.29, 0.717) is 27.8 Å². The molecule has 9 heteroatoms. The number of halogens is 1. The number of nitrogens with one attached hydrogen (secondary N) is 3. The lowest BCUT2D eigenvalue weighted by Crippen LogP contribution is -2.15. The van der Waals surface area contributed by atoms with E-state index in [-0.39, 0.29) is 23.7 Å². The van der Waals surface area contributed by atoms with Crippen LogP contribution in [0.25, 0.3) is 0 Å². The van der Waals surface area contributed by atoms with E-state index >= 15 is 0 Å². The van der Waals surface area contributed by atoms with Crippen LogP contribution in [0.3, 0.4) is 0 Å². The summed E-state index contributed by atoms with van der Waals surface area (Å²) in [7, 11) is 1.47. The zero-order chi connectivity index (χ0) is 19.4. The molecule has 0 saturated carbocycles. The molecule has 0 atom stereocenters. The molecule has 0 bridgehead atoms. The number of ether oxygens (including phenoxy) is 1. The highest BCUT2D eigenvalue weighted by molar-refractivity contribution is 6.30. The van der Waals surface area contributed by atoms with Gasteiger partial charge in [0, 0.05) is 22.8 Å². The maximum atomic E-state index is 11.9. The average Bonchev–Trinajstić information content (AvgIpc) is 3.03. The molecule has 0 aliphatic carbocycles. The van der Waals surface area contributed by atoms with E-state index in [2.05, 4.69) is 20.8 Å². The van der Waals surface area contributed by atoms with Gasteiger partial charge in [0.15, 0.2) is 17.3 Å². The fourth-order valence-corrected chi connectivity index (χ4v) is 2.76. The number of carbonyl (C=O) groups excluding carboxylic acids is 1. The lowest BCUT2D eigenvalue weighted by molar-refractivity contribution is 0.100. The van der Waals surface area contributed by atoms with Crippen LogP contribution in [0, 0.1) is 0 Å². The van der Waals surface area contributed by atoms with Gasteiger partial charge in [-0.25, -0.2) is 0 Å². The molecule has 2 aromatic carbocycles. The molecule has 1 heterocycles. The highest BCUT2D eigenvalue weighted by Crippen LogP contribution is 2.31. The molecule has 0 radical (unpaired) electrons. The van der Waals surface area contributed by atoms with Crippen molar-refractivity contribution in [1.29, 1.82) is 0 Å². The van der Waals surface area contributed by atoms with E-state index in [9.17, 15) is 9.90 Å². The molecule has 3 aromatic rings.